The predicted octanol–water partition coefficient (Wildman–Crippen LogP) is 2.19. The number of carboxylic acids is 1. The first-order valence-electron chi connectivity index (χ1n) is 7.76. The Kier molecular flexibility index (Phi) is 5.34. The van der Waals surface area contributed by atoms with Crippen LogP contribution in [0.15, 0.2) is 35.7 Å². The van der Waals surface area contributed by atoms with Crippen molar-refractivity contribution in [1.29, 1.82) is 0 Å². The van der Waals surface area contributed by atoms with E-state index in [0.717, 1.165) is 5.56 Å². The lowest BCUT2D eigenvalue weighted by atomic mass is 10.2. The Labute approximate surface area is 144 Å². The van der Waals surface area contributed by atoms with Crippen LogP contribution in [0.2, 0.25) is 0 Å². The van der Waals surface area contributed by atoms with Gasteiger partial charge in [0.2, 0.25) is 0 Å². The van der Waals surface area contributed by atoms with E-state index in [0.29, 0.717) is 44.3 Å². The van der Waals surface area contributed by atoms with Crippen LogP contribution in [0.4, 0.5) is 5.69 Å². The molecule has 0 saturated heterocycles. The van der Waals surface area contributed by atoms with Crippen LogP contribution in [0.5, 0.6) is 5.75 Å². The van der Waals surface area contributed by atoms with Gasteiger partial charge in [0.25, 0.3) is 0 Å². The van der Waals surface area contributed by atoms with Crippen molar-refractivity contribution in [1.82, 2.24) is 0 Å². The number of benzene rings is 1. The van der Waals surface area contributed by atoms with E-state index in [2.05, 4.69) is 0 Å². The van der Waals surface area contributed by atoms with Gasteiger partial charge in [-0.15, -0.1) is 11.3 Å². The van der Waals surface area contributed by atoms with Crippen molar-refractivity contribution in [2.75, 3.05) is 31.2 Å². The molecule has 0 amide bonds. The molecule has 6 nitrogen and oxygen atoms in total. The van der Waals surface area contributed by atoms with Crippen LogP contribution in [0, 0.1) is 0 Å². The summed E-state index contributed by atoms with van der Waals surface area (Å²) in [6.07, 6.45) is 0. The van der Waals surface area contributed by atoms with Crippen molar-refractivity contribution >= 4 is 23.0 Å². The molecule has 3 N–H and O–H groups in total. The zero-order chi connectivity index (χ0) is 16.9. The van der Waals surface area contributed by atoms with Crippen LogP contribution in [0.1, 0.15) is 15.2 Å². The molecule has 1 aliphatic rings. The zero-order valence-electron chi connectivity index (χ0n) is 13.2. The first-order chi connectivity index (χ1) is 11.7. The fraction of sp³-hybridized carbons (Fsp3) is 0.353. The third-order valence-corrected chi connectivity index (χ3v) is 4.81. The van der Waals surface area contributed by atoms with E-state index in [9.17, 15) is 9.90 Å². The molecule has 3 rings (SSSR count). The van der Waals surface area contributed by atoms with Gasteiger partial charge in [-0.2, -0.15) is 0 Å². The maximum atomic E-state index is 11.5. The van der Waals surface area contributed by atoms with Gasteiger partial charge in [-0.1, -0.05) is 30.3 Å². The standard InChI is InChI=1S/C17H20N2O4S/c18-6-7-19-13(9-22-8-12-4-2-1-3-5-12)10-23-14-11-24-16(15(14)19)17(20)21/h1-5,11,13H,6-10,18H2,(H,20,21). The fourth-order valence-corrected chi connectivity index (χ4v) is 3.61. The van der Waals surface area contributed by atoms with E-state index in [4.69, 9.17) is 15.2 Å². The lowest BCUT2D eigenvalue weighted by molar-refractivity contribution is 0.0697. The number of hydrogen-bond acceptors (Lipinski definition) is 6. The number of carboxylic acid groups (broad SMARTS) is 1. The Morgan fingerprint density at radius 3 is 2.92 bits per heavy atom. The fourth-order valence-electron chi connectivity index (χ4n) is 2.78. The summed E-state index contributed by atoms with van der Waals surface area (Å²) in [6.45, 7) is 2.41. The molecule has 0 aliphatic carbocycles. The maximum Gasteiger partial charge on any atom is 0.348 e. The molecule has 1 aromatic heterocycles. The van der Waals surface area contributed by atoms with Crippen molar-refractivity contribution in [3.63, 3.8) is 0 Å². The molecule has 24 heavy (non-hydrogen) atoms. The number of nitrogens with two attached hydrogens (primary N) is 1. The molecular weight excluding hydrogens is 328 g/mol. The average Bonchev–Trinajstić information content (AvgIpc) is 3.02. The molecule has 0 bridgehead atoms. The molecule has 1 atom stereocenters. The molecule has 1 unspecified atom stereocenters. The highest BCUT2D eigenvalue weighted by Gasteiger charge is 2.33. The highest BCUT2D eigenvalue weighted by molar-refractivity contribution is 7.13. The van der Waals surface area contributed by atoms with E-state index in [1.807, 2.05) is 35.2 Å². The summed E-state index contributed by atoms with van der Waals surface area (Å²) in [4.78, 5) is 13.7. The molecule has 2 aromatic rings. The van der Waals surface area contributed by atoms with Crippen LogP contribution in [-0.4, -0.2) is 43.4 Å². The van der Waals surface area contributed by atoms with E-state index in [1.54, 1.807) is 5.38 Å². The lowest BCUT2D eigenvalue weighted by Crippen LogP contribution is -2.48. The van der Waals surface area contributed by atoms with Crippen molar-refractivity contribution in [3.8, 4) is 5.75 Å². The zero-order valence-corrected chi connectivity index (χ0v) is 14.0. The first kappa shape index (κ1) is 16.8. The molecule has 1 aromatic carbocycles. The normalized spacial score (nSPS) is 16.5. The number of aromatic carboxylic acids is 1. The SMILES string of the molecule is NCCN1c2c(csc2C(=O)O)OCC1COCc1ccccc1. The van der Waals surface area contributed by atoms with Crippen LogP contribution in [0.3, 0.4) is 0 Å². The van der Waals surface area contributed by atoms with Crippen molar-refractivity contribution < 1.29 is 19.4 Å². The monoisotopic (exact) mass is 348 g/mol. The number of carbonyl (C=O) groups is 1. The number of hydrogen-bond donors (Lipinski definition) is 2. The summed E-state index contributed by atoms with van der Waals surface area (Å²) in [6, 6.07) is 9.87. The summed E-state index contributed by atoms with van der Waals surface area (Å²) in [7, 11) is 0. The van der Waals surface area contributed by atoms with E-state index >= 15 is 0 Å². The summed E-state index contributed by atoms with van der Waals surface area (Å²) in [5.74, 6) is -0.331. The molecule has 0 saturated carbocycles. The van der Waals surface area contributed by atoms with Gasteiger partial charge in [0.15, 0.2) is 5.75 Å². The van der Waals surface area contributed by atoms with Gasteiger partial charge in [0, 0.05) is 18.5 Å². The van der Waals surface area contributed by atoms with E-state index in [-0.39, 0.29) is 10.9 Å². The number of anilines is 1. The molecule has 0 fully saturated rings. The Morgan fingerprint density at radius 2 is 2.21 bits per heavy atom. The summed E-state index contributed by atoms with van der Waals surface area (Å²) in [5.41, 5.74) is 7.45. The van der Waals surface area contributed by atoms with Crippen LogP contribution >= 0.6 is 11.3 Å². The van der Waals surface area contributed by atoms with Gasteiger partial charge in [-0.05, 0) is 5.56 Å². The van der Waals surface area contributed by atoms with Crippen molar-refractivity contribution in [2.24, 2.45) is 5.73 Å². The molecule has 1 aliphatic heterocycles. The number of fused-ring (bicyclic) bond motifs is 1. The summed E-state index contributed by atoms with van der Waals surface area (Å²) >= 11 is 1.18. The minimum atomic E-state index is -0.947. The first-order valence-corrected chi connectivity index (χ1v) is 8.64. The lowest BCUT2D eigenvalue weighted by Gasteiger charge is -2.37. The predicted molar refractivity (Wildman–Crippen MR) is 93.1 cm³/mol. The Bertz CT molecular complexity index is 689. The van der Waals surface area contributed by atoms with Crippen LogP contribution in [-0.2, 0) is 11.3 Å². The highest BCUT2D eigenvalue weighted by atomic mass is 32.1. The smallest absolute Gasteiger partial charge is 0.348 e. The molecular formula is C17H20N2O4S. The van der Waals surface area contributed by atoms with Gasteiger partial charge in [-0.25, -0.2) is 4.79 Å². The van der Waals surface area contributed by atoms with Gasteiger partial charge in [0.1, 0.15) is 17.2 Å². The van der Waals surface area contributed by atoms with Crippen molar-refractivity contribution in [3.05, 3.63) is 46.2 Å². The number of nitrogens with zero attached hydrogens (tertiary/aromatic N) is 1. The molecule has 0 radical (unpaired) electrons. The Balaban J connectivity index is 1.71. The minimum absolute atomic E-state index is 0.0579. The third kappa shape index (κ3) is 3.53. The second-order valence-corrected chi connectivity index (χ2v) is 6.41. The Hall–Kier alpha value is -2.09. The number of thiophene rings is 1. The van der Waals surface area contributed by atoms with Gasteiger partial charge in [0.05, 0.1) is 19.3 Å². The molecule has 128 valence electrons. The molecule has 7 heteroatoms. The topological polar surface area (TPSA) is 85.0 Å². The molecule has 2 heterocycles. The van der Waals surface area contributed by atoms with Gasteiger partial charge in [-0.3, -0.25) is 0 Å². The van der Waals surface area contributed by atoms with Crippen LogP contribution < -0.4 is 15.4 Å². The van der Waals surface area contributed by atoms with E-state index in [1.165, 1.54) is 11.3 Å². The van der Waals surface area contributed by atoms with Gasteiger partial charge >= 0.3 is 5.97 Å². The second-order valence-electron chi connectivity index (χ2n) is 5.53. The third-order valence-electron chi connectivity index (χ3n) is 3.88. The second kappa shape index (κ2) is 7.65. The number of ether oxygens (including phenoxy) is 2. The van der Waals surface area contributed by atoms with Crippen molar-refractivity contribution in [2.45, 2.75) is 12.6 Å². The largest absolute Gasteiger partial charge is 0.488 e. The number of rotatable bonds is 7. The minimum Gasteiger partial charge on any atom is -0.488 e. The Morgan fingerprint density at radius 1 is 1.42 bits per heavy atom. The highest BCUT2D eigenvalue weighted by Crippen LogP contribution is 2.41. The summed E-state index contributed by atoms with van der Waals surface area (Å²) in [5, 5.41) is 11.1. The molecule has 0 spiro atoms. The quantitative estimate of drug-likeness (QED) is 0.798. The van der Waals surface area contributed by atoms with E-state index < -0.39 is 5.97 Å². The maximum absolute atomic E-state index is 11.5. The average molecular weight is 348 g/mol. The summed E-state index contributed by atoms with van der Waals surface area (Å²) < 4.78 is 11.6. The van der Waals surface area contributed by atoms with Crippen LogP contribution in [0.25, 0.3) is 0 Å². The van der Waals surface area contributed by atoms with Gasteiger partial charge < -0.3 is 25.2 Å².